The number of benzene rings is 2. The third-order valence-electron chi connectivity index (χ3n) is 3.93. The van der Waals surface area contributed by atoms with Crippen LogP contribution in [0.2, 0.25) is 5.02 Å². The topological polar surface area (TPSA) is 93.9 Å². The Bertz CT molecular complexity index is 861. The van der Waals surface area contributed by atoms with Crippen molar-refractivity contribution in [2.75, 3.05) is 32.1 Å². The number of likely N-dealkylation sites (N-methyl/N-ethyl adjacent to an activating group) is 1. The maximum Gasteiger partial charge on any atom is 0.271 e. The lowest BCUT2D eigenvalue weighted by molar-refractivity contribution is -0.384. The number of hydrogen-bond donors (Lipinski definition) is 1. The normalized spacial score (nSPS) is 15.4. The van der Waals surface area contributed by atoms with E-state index >= 15 is 0 Å². The van der Waals surface area contributed by atoms with Gasteiger partial charge >= 0.3 is 0 Å². The average Bonchev–Trinajstić information content (AvgIpc) is 2.63. The Kier molecular flexibility index (Phi) is 5.78. The number of nitro groups is 1. The van der Waals surface area contributed by atoms with Gasteiger partial charge < -0.3 is 14.8 Å². The van der Waals surface area contributed by atoms with Gasteiger partial charge in [0.1, 0.15) is 12.7 Å². The summed E-state index contributed by atoms with van der Waals surface area (Å²) in [5.74, 6) is 1.11. The highest BCUT2D eigenvalue weighted by molar-refractivity contribution is 6.34. The van der Waals surface area contributed by atoms with E-state index in [9.17, 15) is 14.9 Å². The fraction of sp³-hybridized carbons (Fsp3) is 0.278. The quantitative estimate of drug-likeness (QED) is 0.601. The van der Waals surface area contributed by atoms with Crippen LogP contribution in [0.4, 0.5) is 11.4 Å². The molecule has 2 aromatic rings. The number of nitrogens with zero attached hydrogens (tertiary/aromatic N) is 2. The molecule has 9 heteroatoms. The zero-order valence-corrected chi connectivity index (χ0v) is 15.3. The van der Waals surface area contributed by atoms with E-state index < -0.39 is 4.92 Å². The Labute approximate surface area is 160 Å². The first-order chi connectivity index (χ1) is 12.9. The zero-order valence-electron chi connectivity index (χ0n) is 14.6. The van der Waals surface area contributed by atoms with Crippen LogP contribution < -0.4 is 14.8 Å². The molecule has 27 heavy (non-hydrogen) atoms. The predicted octanol–water partition coefficient (Wildman–Crippen LogP) is 2.96. The van der Waals surface area contributed by atoms with E-state index in [1.807, 2.05) is 24.3 Å². The first-order valence-corrected chi connectivity index (χ1v) is 8.61. The van der Waals surface area contributed by atoms with Crippen molar-refractivity contribution in [3.05, 3.63) is 57.6 Å². The highest BCUT2D eigenvalue weighted by Crippen LogP contribution is 2.31. The van der Waals surface area contributed by atoms with Crippen molar-refractivity contribution in [1.82, 2.24) is 4.90 Å². The Morgan fingerprint density at radius 3 is 2.78 bits per heavy atom. The minimum absolute atomic E-state index is 0.106. The number of fused-ring (bicyclic) bond motifs is 1. The number of carbonyl (C=O) groups is 1. The summed E-state index contributed by atoms with van der Waals surface area (Å²) in [5, 5.41) is 13.5. The minimum atomic E-state index is -0.546. The molecular weight excluding hydrogens is 374 g/mol. The van der Waals surface area contributed by atoms with E-state index in [0.29, 0.717) is 30.3 Å². The number of amides is 1. The molecular formula is C18H18ClN3O5. The van der Waals surface area contributed by atoms with Gasteiger partial charge in [0.2, 0.25) is 5.91 Å². The molecule has 0 radical (unpaired) electrons. The molecule has 1 aliphatic rings. The van der Waals surface area contributed by atoms with E-state index in [2.05, 4.69) is 5.32 Å². The summed E-state index contributed by atoms with van der Waals surface area (Å²) in [5.41, 5.74) is 0.191. The van der Waals surface area contributed by atoms with Crippen LogP contribution in [-0.4, -0.2) is 48.6 Å². The maximum absolute atomic E-state index is 12.2. The van der Waals surface area contributed by atoms with Crippen molar-refractivity contribution in [3.8, 4) is 11.5 Å². The second kappa shape index (κ2) is 8.24. The zero-order chi connectivity index (χ0) is 19.4. The van der Waals surface area contributed by atoms with E-state index in [-0.39, 0.29) is 29.3 Å². The standard InChI is InChI=1S/C18H18ClN3O5/c1-21(9-13-11-26-16-4-2-3-5-17(16)27-13)10-18(23)20-15-7-6-12(22(24)25)8-14(15)19/h2-8,13H,9-11H2,1H3,(H,20,23). The molecule has 1 heterocycles. The summed E-state index contributed by atoms with van der Waals surface area (Å²) in [6.07, 6.45) is -0.194. The first kappa shape index (κ1) is 18.9. The summed E-state index contributed by atoms with van der Waals surface area (Å²) in [6.45, 7) is 1.00. The van der Waals surface area contributed by atoms with Gasteiger partial charge in [0.25, 0.3) is 5.69 Å². The van der Waals surface area contributed by atoms with Crippen LogP contribution in [0.5, 0.6) is 11.5 Å². The van der Waals surface area contributed by atoms with E-state index in [4.69, 9.17) is 21.1 Å². The minimum Gasteiger partial charge on any atom is -0.486 e. The van der Waals surface area contributed by atoms with Gasteiger partial charge in [0, 0.05) is 18.7 Å². The van der Waals surface area contributed by atoms with Crippen LogP contribution in [0, 0.1) is 10.1 Å². The second-order valence-corrected chi connectivity index (χ2v) is 6.57. The molecule has 1 aliphatic heterocycles. The number of anilines is 1. The first-order valence-electron chi connectivity index (χ1n) is 8.23. The molecule has 0 saturated heterocycles. The number of nitrogens with one attached hydrogen (secondary N) is 1. The van der Waals surface area contributed by atoms with Crippen molar-refractivity contribution in [2.45, 2.75) is 6.10 Å². The Morgan fingerprint density at radius 2 is 2.07 bits per heavy atom. The van der Waals surface area contributed by atoms with Gasteiger partial charge in [0.05, 0.1) is 22.2 Å². The summed E-state index contributed by atoms with van der Waals surface area (Å²) >= 11 is 5.99. The lowest BCUT2D eigenvalue weighted by Gasteiger charge is -2.29. The van der Waals surface area contributed by atoms with Crippen LogP contribution in [-0.2, 0) is 4.79 Å². The predicted molar refractivity (Wildman–Crippen MR) is 101 cm³/mol. The molecule has 3 rings (SSSR count). The van der Waals surface area contributed by atoms with Gasteiger partial charge in [-0.05, 0) is 25.2 Å². The third-order valence-corrected chi connectivity index (χ3v) is 4.25. The summed E-state index contributed by atoms with van der Waals surface area (Å²) in [7, 11) is 1.79. The van der Waals surface area contributed by atoms with Gasteiger partial charge in [-0.2, -0.15) is 0 Å². The number of carbonyl (C=O) groups excluding carboxylic acids is 1. The number of hydrogen-bond acceptors (Lipinski definition) is 6. The molecule has 0 aliphatic carbocycles. The molecule has 1 amide bonds. The van der Waals surface area contributed by atoms with E-state index in [0.717, 1.165) is 0 Å². The molecule has 0 bridgehead atoms. The SMILES string of the molecule is CN(CC(=O)Nc1ccc([N+](=O)[O-])cc1Cl)CC1COc2ccccc2O1. The number of ether oxygens (including phenoxy) is 2. The van der Waals surface area contributed by atoms with Gasteiger partial charge in [0.15, 0.2) is 11.5 Å². The van der Waals surface area contributed by atoms with Crippen LogP contribution in [0.15, 0.2) is 42.5 Å². The Morgan fingerprint density at radius 1 is 1.33 bits per heavy atom. The number of non-ortho nitro benzene ring substituents is 1. The Hall–Kier alpha value is -2.84. The molecule has 1 unspecified atom stereocenters. The maximum atomic E-state index is 12.2. The van der Waals surface area contributed by atoms with Gasteiger partial charge in [-0.1, -0.05) is 23.7 Å². The smallest absolute Gasteiger partial charge is 0.271 e. The van der Waals surface area contributed by atoms with E-state index in [1.54, 1.807) is 11.9 Å². The number of rotatable bonds is 6. The fourth-order valence-corrected chi connectivity index (χ4v) is 2.94. The molecule has 0 fully saturated rings. The number of nitro benzene ring substituents is 1. The van der Waals surface area contributed by atoms with Crippen LogP contribution >= 0.6 is 11.6 Å². The van der Waals surface area contributed by atoms with Crippen LogP contribution in [0.3, 0.4) is 0 Å². The number of halogens is 1. The molecule has 0 saturated carbocycles. The van der Waals surface area contributed by atoms with E-state index in [1.165, 1.54) is 18.2 Å². The molecule has 8 nitrogen and oxygen atoms in total. The monoisotopic (exact) mass is 391 g/mol. The largest absolute Gasteiger partial charge is 0.486 e. The highest BCUT2D eigenvalue weighted by Gasteiger charge is 2.22. The Balaban J connectivity index is 1.52. The lowest BCUT2D eigenvalue weighted by Crippen LogP contribution is -2.42. The van der Waals surface area contributed by atoms with Crippen LogP contribution in [0.25, 0.3) is 0 Å². The van der Waals surface area contributed by atoms with Gasteiger partial charge in [-0.15, -0.1) is 0 Å². The highest BCUT2D eigenvalue weighted by atomic mass is 35.5. The van der Waals surface area contributed by atoms with Gasteiger partial charge in [-0.25, -0.2) is 0 Å². The van der Waals surface area contributed by atoms with Gasteiger partial charge in [-0.3, -0.25) is 19.8 Å². The van der Waals surface area contributed by atoms with Crippen molar-refractivity contribution >= 4 is 28.9 Å². The number of para-hydroxylation sites is 2. The fourth-order valence-electron chi connectivity index (χ4n) is 2.72. The molecule has 0 spiro atoms. The summed E-state index contributed by atoms with van der Waals surface area (Å²) in [4.78, 5) is 24.2. The molecule has 0 aromatic heterocycles. The van der Waals surface area contributed by atoms with Crippen molar-refractivity contribution in [3.63, 3.8) is 0 Å². The van der Waals surface area contributed by atoms with Crippen molar-refractivity contribution in [2.24, 2.45) is 0 Å². The molecule has 1 N–H and O–H groups in total. The van der Waals surface area contributed by atoms with Crippen molar-refractivity contribution in [1.29, 1.82) is 0 Å². The average molecular weight is 392 g/mol. The molecule has 142 valence electrons. The summed E-state index contributed by atoms with van der Waals surface area (Å²) in [6, 6.07) is 11.3. The third kappa shape index (κ3) is 4.87. The summed E-state index contributed by atoms with van der Waals surface area (Å²) < 4.78 is 11.5. The van der Waals surface area contributed by atoms with Crippen molar-refractivity contribution < 1.29 is 19.2 Å². The second-order valence-electron chi connectivity index (χ2n) is 6.16. The van der Waals surface area contributed by atoms with Crippen LogP contribution in [0.1, 0.15) is 0 Å². The molecule has 1 atom stereocenters. The lowest BCUT2D eigenvalue weighted by atomic mass is 10.2. The molecule has 2 aromatic carbocycles.